The van der Waals surface area contributed by atoms with Crippen LogP contribution in [0.15, 0.2) is 24.3 Å². The molecule has 0 radical (unpaired) electrons. The molecule has 6 heteroatoms. The molecule has 1 aromatic carbocycles. The van der Waals surface area contributed by atoms with Crippen LogP contribution >= 0.6 is 0 Å². The molecular formula is C19H23NO5. The Bertz CT molecular complexity index is 698. The van der Waals surface area contributed by atoms with E-state index in [-0.39, 0.29) is 12.5 Å². The van der Waals surface area contributed by atoms with E-state index in [1.165, 1.54) is 18.7 Å². The minimum atomic E-state index is -1.20. The number of hydrogen-bond acceptors (Lipinski definition) is 5. The summed E-state index contributed by atoms with van der Waals surface area (Å²) in [6, 6.07) is 7.09. The number of fused-ring (bicyclic) bond motifs is 1. The highest BCUT2D eigenvalue weighted by Gasteiger charge is 2.50. The number of likely N-dealkylation sites (N-methyl/N-ethyl adjacent to an activating group) is 1. The Morgan fingerprint density at radius 1 is 1.16 bits per heavy atom. The Labute approximate surface area is 147 Å². The topological polar surface area (TPSA) is 80.8 Å². The van der Waals surface area contributed by atoms with Gasteiger partial charge in [0, 0.05) is 12.7 Å². The molecule has 1 amide bonds. The second-order valence-electron chi connectivity index (χ2n) is 6.33. The molecule has 0 aliphatic carbocycles. The van der Waals surface area contributed by atoms with Crippen molar-refractivity contribution in [3.63, 3.8) is 0 Å². The molecule has 1 aliphatic heterocycles. The van der Waals surface area contributed by atoms with Crippen LogP contribution < -0.4 is 4.90 Å². The van der Waals surface area contributed by atoms with Crippen molar-refractivity contribution in [1.82, 2.24) is 0 Å². The summed E-state index contributed by atoms with van der Waals surface area (Å²) in [6.07, 6.45) is 0.609. The number of nitrogens with zero attached hydrogens (tertiary/aromatic N) is 1. The fourth-order valence-electron chi connectivity index (χ4n) is 3.42. The fourth-order valence-corrected chi connectivity index (χ4v) is 3.42. The molecule has 1 heterocycles. The summed E-state index contributed by atoms with van der Waals surface area (Å²) < 4.78 is 5.23. The van der Waals surface area contributed by atoms with Crippen LogP contribution in [-0.2, 0) is 23.9 Å². The van der Waals surface area contributed by atoms with Gasteiger partial charge in [-0.2, -0.15) is 0 Å². The molecule has 1 aliphatic rings. The number of benzene rings is 1. The lowest BCUT2D eigenvalue weighted by Crippen LogP contribution is -2.42. The van der Waals surface area contributed by atoms with Gasteiger partial charge in [0.25, 0.3) is 0 Å². The second-order valence-corrected chi connectivity index (χ2v) is 6.33. The van der Waals surface area contributed by atoms with Crippen molar-refractivity contribution < 1.29 is 23.9 Å². The number of esters is 1. The molecule has 0 bridgehead atoms. The molecule has 2 atom stereocenters. The molecule has 6 nitrogen and oxygen atoms in total. The van der Waals surface area contributed by atoms with Crippen LogP contribution in [0.2, 0.25) is 0 Å². The van der Waals surface area contributed by atoms with Gasteiger partial charge in [0.05, 0.1) is 24.4 Å². The number of anilines is 1. The van der Waals surface area contributed by atoms with Crippen LogP contribution in [0.3, 0.4) is 0 Å². The van der Waals surface area contributed by atoms with Crippen molar-refractivity contribution in [3.05, 3.63) is 29.8 Å². The Hall–Kier alpha value is -2.50. The standard InChI is InChI=1S/C19H23NO5/c1-5-10-25-19(24)17(15(11(2)21)12(3)22)16-13-8-6-7-9-14(13)20(4)18(16)23/h6-9,15-17H,5,10H2,1-4H3. The minimum Gasteiger partial charge on any atom is -0.465 e. The highest BCUT2D eigenvalue weighted by molar-refractivity contribution is 6.10. The summed E-state index contributed by atoms with van der Waals surface area (Å²) in [4.78, 5) is 51.2. The number of amides is 1. The molecule has 2 rings (SSSR count). The van der Waals surface area contributed by atoms with Gasteiger partial charge in [0.2, 0.25) is 5.91 Å². The Morgan fingerprint density at radius 2 is 1.76 bits per heavy atom. The largest absolute Gasteiger partial charge is 0.465 e. The van der Waals surface area contributed by atoms with Crippen LogP contribution in [0.4, 0.5) is 5.69 Å². The first-order valence-electron chi connectivity index (χ1n) is 8.35. The average Bonchev–Trinajstić information content (AvgIpc) is 2.81. The number of carbonyl (C=O) groups is 4. The van der Waals surface area contributed by atoms with E-state index in [4.69, 9.17) is 4.74 Å². The smallest absolute Gasteiger partial charge is 0.311 e. The van der Waals surface area contributed by atoms with Crippen molar-refractivity contribution in [3.8, 4) is 0 Å². The van der Waals surface area contributed by atoms with E-state index in [9.17, 15) is 19.2 Å². The third-order valence-corrected chi connectivity index (χ3v) is 4.54. The summed E-state index contributed by atoms with van der Waals surface area (Å²) in [6.45, 7) is 4.55. The number of carbonyl (C=O) groups excluding carboxylic acids is 4. The maximum Gasteiger partial charge on any atom is 0.311 e. The number of rotatable bonds is 7. The number of hydrogen-bond donors (Lipinski definition) is 0. The maximum absolute atomic E-state index is 12.8. The van der Waals surface area contributed by atoms with Crippen LogP contribution in [0, 0.1) is 11.8 Å². The van der Waals surface area contributed by atoms with Crippen molar-refractivity contribution >= 4 is 29.1 Å². The van der Waals surface area contributed by atoms with Gasteiger partial charge >= 0.3 is 5.97 Å². The van der Waals surface area contributed by atoms with Crippen molar-refractivity contribution in [1.29, 1.82) is 0 Å². The average molecular weight is 345 g/mol. The molecular weight excluding hydrogens is 322 g/mol. The predicted molar refractivity (Wildman–Crippen MR) is 92.2 cm³/mol. The fraction of sp³-hybridized carbons (Fsp3) is 0.474. The zero-order chi connectivity index (χ0) is 18.7. The number of ketones is 2. The van der Waals surface area contributed by atoms with E-state index in [1.807, 2.05) is 6.92 Å². The Balaban J connectivity index is 2.55. The van der Waals surface area contributed by atoms with Gasteiger partial charge in [-0.05, 0) is 31.9 Å². The van der Waals surface area contributed by atoms with Crippen LogP contribution in [0.5, 0.6) is 0 Å². The van der Waals surface area contributed by atoms with Gasteiger partial charge < -0.3 is 9.64 Å². The first-order chi connectivity index (χ1) is 11.8. The summed E-state index contributed by atoms with van der Waals surface area (Å²) in [7, 11) is 1.62. The number of para-hydroxylation sites is 1. The third kappa shape index (κ3) is 3.48. The van der Waals surface area contributed by atoms with Crippen LogP contribution in [0.1, 0.15) is 38.7 Å². The number of Topliss-reactive ketones (excluding diaryl/α,β-unsaturated/α-hetero) is 2. The van der Waals surface area contributed by atoms with E-state index in [1.54, 1.807) is 31.3 Å². The maximum atomic E-state index is 12.8. The molecule has 134 valence electrons. The minimum absolute atomic E-state index is 0.177. The molecule has 0 saturated heterocycles. The van der Waals surface area contributed by atoms with Gasteiger partial charge in [-0.25, -0.2) is 0 Å². The van der Waals surface area contributed by atoms with Gasteiger partial charge in [-0.1, -0.05) is 25.1 Å². The SMILES string of the molecule is CCCOC(=O)C(C(C(C)=O)C(C)=O)C1C(=O)N(C)c2ccccc21. The Morgan fingerprint density at radius 3 is 2.32 bits per heavy atom. The van der Waals surface area contributed by atoms with Crippen molar-refractivity contribution in [2.45, 2.75) is 33.1 Å². The van der Waals surface area contributed by atoms with Gasteiger partial charge in [-0.15, -0.1) is 0 Å². The van der Waals surface area contributed by atoms with Crippen molar-refractivity contribution in [2.75, 3.05) is 18.6 Å². The normalized spacial score (nSPS) is 17.4. The lowest BCUT2D eigenvalue weighted by molar-refractivity contribution is -0.157. The van der Waals surface area contributed by atoms with E-state index >= 15 is 0 Å². The van der Waals surface area contributed by atoms with Crippen molar-refractivity contribution in [2.24, 2.45) is 11.8 Å². The third-order valence-electron chi connectivity index (χ3n) is 4.54. The summed E-state index contributed by atoms with van der Waals surface area (Å²) in [5.74, 6) is -5.12. The summed E-state index contributed by atoms with van der Waals surface area (Å²) >= 11 is 0. The molecule has 25 heavy (non-hydrogen) atoms. The van der Waals surface area contributed by atoms with Gasteiger partial charge in [0.1, 0.15) is 11.6 Å². The molecule has 0 aromatic heterocycles. The lowest BCUT2D eigenvalue weighted by atomic mass is 9.75. The molecule has 0 N–H and O–H groups in total. The van der Waals surface area contributed by atoms with Gasteiger partial charge in [-0.3, -0.25) is 19.2 Å². The number of ether oxygens (including phenoxy) is 1. The van der Waals surface area contributed by atoms with E-state index in [2.05, 4.69) is 0 Å². The highest BCUT2D eigenvalue weighted by atomic mass is 16.5. The molecule has 0 spiro atoms. The highest BCUT2D eigenvalue weighted by Crippen LogP contribution is 2.43. The van der Waals surface area contributed by atoms with Crippen LogP contribution in [-0.4, -0.2) is 37.1 Å². The molecule has 2 unspecified atom stereocenters. The summed E-state index contributed by atoms with van der Waals surface area (Å²) in [5.41, 5.74) is 1.32. The second kappa shape index (κ2) is 7.59. The summed E-state index contributed by atoms with van der Waals surface area (Å²) in [5, 5.41) is 0. The Kier molecular flexibility index (Phi) is 5.72. The van der Waals surface area contributed by atoms with E-state index in [0.29, 0.717) is 17.7 Å². The first-order valence-corrected chi connectivity index (χ1v) is 8.35. The lowest BCUT2D eigenvalue weighted by Gasteiger charge is -2.26. The zero-order valence-corrected chi connectivity index (χ0v) is 14.9. The zero-order valence-electron chi connectivity index (χ0n) is 14.9. The predicted octanol–water partition coefficient (Wildman–Crippen LogP) is 2.11. The van der Waals surface area contributed by atoms with Gasteiger partial charge in [0.15, 0.2) is 0 Å². The quantitative estimate of drug-likeness (QED) is 0.558. The monoisotopic (exact) mass is 345 g/mol. The molecule has 0 fully saturated rings. The first kappa shape index (κ1) is 18.8. The van der Waals surface area contributed by atoms with E-state index < -0.39 is 35.3 Å². The molecule has 1 aromatic rings. The van der Waals surface area contributed by atoms with E-state index in [0.717, 1.165) is 0 Å². The molecule has 0 saturated carbocycles. The van der Waals surface area contributed by atoms with Crippen LogP contribution in [0.25, 0.3) is 0 Å².